The van der Waals surface area contributed by atoms with E-state index in [9.17, 15) is 0 Å². The maximum absolute atomic E-state index is 5.31. The van der Waals surface area contributed by atoms with E-state index in [0.717, 1.165) is 6.42 Å². The highest BCUT2D eigenvalue weighted by Gasteiger charge is 2.26. The van der Waals surface area contributed by atoms with Crippen LogP contribution in [0.5, 0.6) is 0 Å². The van der Waals surface area contributed by atoms with Gasteiger partial charge in [0.25, 0.3) is 0 Å². The molecular weight excluding hydrogens is 326 g/mol. The Balaban J connectivity index is 1.72. The first-order chi connectivity index (χ1) is 13.4. The maximum atomic E-state index is 5.31. The average molecular weight is 351 g/mol. The van der Waals surface area contributed by atoms with Crippen molar-refractivity contribution in [1.82, 2.24) is 4.98 Å². The number of nitrogens with zero attached hydrogens (tertiary/aromatic N) is 1. The number of hydrogen-bond donors (Lipinski definition) is 0. The van der Waals surface area contributed by atoms with Crippen molar-refractivity contribution in [3.05, 3.63) is 88.6 Å². The van der Waals surface area contributed by atoms with Gasteiger partial charge in [-0.05, 0) is 78.8 Å². The lowest BCUT2D eigenvalue weighted by Crippen LogP contribution is -2.16. The van der Waals surface area contributed by atoms with Crippen LogP contribution in [0.3, 0.4) is 0 Å². The van der Waals surface area contributed by atoms with E-state index in [1.807, 2.05) is 0 Å². The van der Waals surface area contributed by atoms with Crippen LogP contribution in [0, 0.1) is 0 Å². The largest absolute Gasteiger partial charge is 0.248 e. The van der Waals surface area contributed by atoms with Crippen LogP contribution in [0.1, 0.15) is 53.6 Å². The molecule has 0 fully saturated rings. The second-order valence-electron chi connectivity index (χ2n) is 7.75. The molecule has 5 rings (SSSR count). The first kappa shape index (κ1) is 16.5. The van der Waals surface area contributed by atoms with Crippen LogP contribution in [0.15, 0.2) is 60.7 Å². The smallest absolute Gasteiger partial charge is 0.0744 e. The molecule has 1 heteroatoms. The summed E-state index contributed by atoms with van der Waals surface area (Å²) >= 11 is 0. The van der Waals surface area contributed by atoms with Gasteiger partial charge in [0.1, 0.15) is 0 Å². The molecular formula is C26H25N. The first-order valence-corrected chi connectivity index (χ1v) is 10.3. The lowest BCUT2D eigenvalue weighted by atomic mass is 9.79. The molecule has 0 radical (unpaired) electrons. The number of hydrogen-bond acceptors (Lipinski definition) is 1. The van der Waals surface area contributed by atoms with Gasteiger partial charge in [0, 0.05) is 5.56 Å². The van der Waals surface area contributed by atoms with Crippen molar-refractivity contribution in [2.24, 2.45) is 0 Å². The molecule has 0 atom stereocenters. The number of benzene rings is 2. The third-order valence-electron chi connectivity index (χ3n) is 5.99. The van der Waals surface area contributed by atoms with Crippen LogP contribution in [-0.4, -0.2) is 4.98 Å². The standard InChI is InChI=1S/C26H25N/c1-3-10-19(11-4-1)18-21-14-9-17-24-22-15-7-8-16-23(22)25(27-26(21)24)20-12-5-2-6-13-20/h1-6,10-13,18H,7-9,14-17H2/b21-18+. The third kappa shape index (κ3) is 3.12. The third-order valence-corrected chi connectivity index (χ3v) is 5.99. The molecule has 2 aliphatic rings. The summed E-state index contributed by atoms with van der Waals surface area (Å²) < 4.78 is 0. The van der Waals surface area contributed by atoms with Crippen LogP contribution in [0.4, 0.5) is 0 Å². The van der Waals surface area contributed by atoms with Crippen LogP contribution in [-0.2, 0) is 19.3 Å². The molecule has 1 heterocycles. The number of pyridine rings is 1. The minimum atomic E-state index is 1.13. The molecule has 1 nitrogen and oxygen atoms in total. The zero-order valence-corrected chi connectivity index (χ0v) is 15.7. The molecule has 0 amide bonds. The number of aromatic nitrogens is 1. The Morgan fingerprint density at radius 2 is 1.22 bits per heavy atom. The summed E-state index contributed by atoms with van der Waals surface area (Å²) in [7, 11) is 0. The predicted octanol–water partition coefficient (Wildman–Crippen LogP) is 6.50. The fourth-order valence-corrected chi connectivity index (χ4v) is 4.72. The molecule has 134 valence electrons. The van der Waals surface area contributed by atoms with Gasteiger partial charge in [-0.15, -0.1) is 0 Å². The predicted molar refractivity (Wildman–Crippen MR) is 114 cm³/mol. The summed E-state index contributed by atoms with van der Waals surface area (Å²) in [5.74, 6) is 0. The Bertz CT molecular complexity index is 984. The summed E-state index contributed by atoms with van der Waals surface area (Å²) in [6.45, 7) is 0. The van der Waals surface area contributed by atoms with E-state index in [4.69, 9.17) is 4.98 Å². The fraction of sp³-hybridized carbons (Fsp3) is 0.269. The van der Waals surface area contributed by atoms with E-state index in [-0.39, 0.29) is 0 Å². The van der Waals surface area contributed by atoms with Crippen molar-refractivity contribution in [1.29, 1.82) is 0 Å². The van der Waals surface area contributed by atoms with Gasteiger partial charge in [0.05, 0.1) is 11.4 Å². The molecule has 2 aliphatic carbocycles. The van der Waals surface area contributed by atoms with Crippen LogP contribution in [0.2, 0.25) is 0 Å². The summed E-state index contributed by atoms with van der Waals surface area (Å²) in [5, 5.41) is 0. The SMILES string of the molecule is C(=C1/CCCc2c1nc(-c1ccccc1)c1c2CCCC1)/c1ccccc1. The van der Waals surface area contributed by atoms with Gasteiger partial charge in [-0.25, -0.2) is 4.98 Å². The highest BCUT2D eigenvalue weighted by Crippen LogP contribution is 2.40. The van der Waals surface area contributed by atoms with Gasteiger partial charge in [-0.2, -0.15) is 0 Å². The molecule has 3 aromatic rings. The second-order valence-corrected chi connectivity index (χ2v) is 7.75. The van der Waals surface area contributed by atoms with Crippen LogP contribution < -0.4 is 0 Å². The van der Waals surface area contributed by atoms with E-state index >= 15 is 0 Å². The molecule has 0 bridgehead atoms. The first-order valence-electron chi connectivity index (χ1n) is 10.3. The Kier molecular flexibility index (Phi) is 4.37. The average Bonchev–Trinajstić information content (AvgIpc) is 2.75. The van der Waals surface area contributed by atoms with E-state index < -0.39 is 0 Å². The molecule has 27 heavy (non-hydrogen) atoms. The van der Waals surface area contributed by atoms with Crippen molar-refractivity contribution in [3.8, 4) is 11.3 Å². The van der Waals surface area contributed by atoms with Gasteiger partial charge < -0.3 is 0 Å². The molecule has 1 aromatic heterocycles. The van der Waals surface area contributed by atoms with E-state index in [0.29, 0.717) is 0 Å². The van der Waals surface area contributed by atoms with Crippen molar-refractivity contribution < 1.29 is 0 Å². The van der Waals surface area contributed by atoms with Gasteiger partial charge >= 0.3 is 0 Å². The Labute approximate surface area is 161 Å². The van der Waals surface area contributed by atoms with Gasteiger partial charge in [-0.3, -0.25) is 0 Å². The fourth-order valence-electron chi connectivity index (χ4n) is 4.72. The molecule has 0 N–H and O–H groups in total. The summed E-state index contributed by atoms with van der Waals surface area (Å²) in [6.07, 6.45) is 10.9. The van der Waals surface area contributed by atoms with Crippen LogP contribution >= 0.6 is 0 Å². The van der Waals surface area contributed by atoms with Gasteiger partial charge in [0.2, 0.25) is 0 Å². The molecule has 0 spiro atoms. The maximum Gasteiger partial charge on any atom is 0.0744 e. The molecule has 0 aliphatic heterocycles. The molecule has 0 unspecified atom stereocenters. The molecule has 0 saturated carbocycles. The van der Waals surface area contributed by atoms with Gasteiger partial charge in [-0.1, -0.05) is 60.7 Å². The monoisotopic (exact) mass is 351 g/mol. The number of rotatable bonds is 2. The minimum absolute atomic E-state index is 1.13. The topological polar surface area (TPSA) is 12.9 Å². The Morgan fingerprint density at radius 1 is 0.593 bits per heavy atom. The van der Waals surface area contributed by atoms with E-state index in [1.165, 1.54) is 77.7 Å². The summed E-state index contributed by atoms with van der Waals surface area (Å²) in [6, 6.07) is 21.5. The lowest BCUT2D eigenvalue weighted by Gasteiger charge is -2.28. The quantitative estimate of drug-likeness (QED) is 0.513. The van der Waals surface area contributed by atoms with E-state index in [1.54, 1.807) is 5.56 Å². The van der Waals surface area contributed by atoms with Crippen molar-refractivity contribution >= 4 is 11.6 Å². The van der Waals surface area contributed by atoms with E-state index in [2.05, 4.69) is 66.7 Å². The lowest BCUT2D eigenvalue weighted by molar-refractivity contribution is 0.666. The molecule has 0 saturated heterocycles. The Morgan fingerprint density at radius 3 is 2.00 bits per heavy atom. The van der Waals surface area contributed by atoms with Crippen molar-refractivity contribution in [2.75, 3.05) is 0 Å². The van der Waals surface area contributed by atoms with Crippen LogP contribution in [0.25, 0.3) is 22.9 Å². The number of fused-ring (bicyclic) bond motifs is 3. The zero-order valence-electron chi connectivity index (χ0n) is 15.7. The number of allylic oxidation sites excluding steroid dienone is 1. The highest BCUT2D eigenvalue weighted by molar-refractivity contribution is 5.84. The van der Waals surface area contributed by atoms with Gasteiger partial charge in [0.15, 0.2) is 0 Å². The highest BCUT2D eigenvalue weighted by atomic mass is 14.7. The minimum Gasteiger partial charge on any atom is -0.248 e. The summed E-state index contributed by atoms with van der Waals surface area (Å²) in [4.78, 5) is 5.31. The van der Waals surface area contributed by atoms with Crippen molar-refractivity contribution in [3.63, 3.8) is 0 Å². The normalized spacial score (nSPS) is 17.4. The Hall–Kier alpha value is -2.67. The summed E-state index contributed by atoms with van der Waals surface area (Å²) in [5.41, 5.74) is 11.1. The van der Waals surface area contributed by atoms with Crippen molar-refractivity contribution in [2.45, 2.75) is 44.9 Å². The molecule has 2 aromatic carbocycles. The second kappa shape index (κ2) is 7.15. The zero-order chi connectivity index (χ0) is 18.1.